The number of nitrogens with zero attached hydrogens (tertiary/aromatic N) is 2. The van der Waals surface area contributed by atoms with Gasteiger partial charge in [-0.3, -0.25) is 9.48 Å². The van der Waals surface area contributed by atoms with Crippen molar-refractivity contribution in [3.8, 4) is 28.1 Å². The summed E-state index contributed by atoms with van der Waals surface area (Å²) in [6, 6.07) is 24.0. The van der Waals surface area contributed by atoms with Crippen LogP contribution in [-0.4, -0.2) is 22.8 Å². The van der Waals surface area contributed by atoms with Crippen LogP contribution in [0.3, 0.4) is 0 Å². The first-order valence-electron chi connectivity index (χ1n) is 9.83. The Bertz CT molecular complexity index is 1270. The van der Waals surface area contributed by atoms with Gasteiger partial charge in [0.15, 0.2) is 0 Å². The van der Waals surface area contributed by atoms with Crippen molar-refractivity contribution in [2.45, 2.75) is 6.42 Å². The Labute approximate surface area is 174 Å². The van der Waals surface area contributed by atoms with Gasteiger partial charge in [0.2, 0.25) is 0 Å². The molecule has 0 saturated heterocycles. The number of hydrogen-bond donors (Lipinski definition) is 1. The molecule has 30 heavy (non-hydrogen) atoms. The number of ether oxygens (including phenoxy) is 1. The van der Waals surface area contributed by atoms with E-state index in [1.165, 1.54) is 22.3 Å². The Morgan fingerprint density at radius 1 is 0.967 bits per heavy atom. The van der Waals surface area contributed by atoms with Crippen molar-refractivity contribution in [1.82, 2.24) is 9.78 Å². The number of nitrogens with one attached hydrogen (secondary N) is 1. The largest absolute Gasteiger partial charge is 0.497 e. The van der Waals surface area contributed by atoms with Gasteiger partial charge in [-0.05, 0) is 59.0 Å². The second-order valence-electron chi connectivity index (χ2n) is 7.43. The smallest absolute Gasteiger partial charge is 0.273 e. The van der Waals surface area contributed by atoms with E-state index in [4.69, 9.17) is 4.74 Å². The number of anilines is 1. The van der Waals surface area contributed by atoms with Crippen molar-refractivity contribution in [3.05, 3.63) is 89.6 Å². The first kappa shape index (κ1) is 18.2. The van der Waals surface area contributed by atoms with Gasteiger partial charge in [0.05, 0.1) is 12.8 Å². The third kappa shape index (κ3) is 3.14. The molecule has 0 radical (unpaired) electrons. The molecule has 4 aromatic rings. The molecule has 0 bridgehead atoms. The zero-order valence-electron chi connectivity index (χ0n) is 16.8. The van der Waals surface area contributed by atoms with Crippen LogP contribution in [0.2, 0.25) is 0 Å². The minimum absolute atomic E-state index is 0.186. The van der Waals surface area contributed by atoms with Gasteiger partial charge in [0.1, 0.15) is 11.4 Å². The van der Waals surface area contributed by atoms with E-state index in [0.29, 0.717) is 5.69 Å². The third-order valence-corrected chi connectivity index (χ3v) is 5.53. The van der Waals surface area contributed by atoms with Crippen LogP contribution in [0.4, 0.5) is 5.69 Å². The summed E-state index contributed by atoms with van der Waals surface area (Å²) in [6.07, 6.45) is 0.890. The molecule has 0 atom stereocenters. The molecule has 0 aliphatic heterocycles. The number of fused-ring (bicyclic) bond motifs is 3. The number of methoxy groups -OCH3 is 1. The summed E-state index contributed by atoms with van der Waals surface area (Å²) in [5, 5.41) is 7.52. The van der Waals surface area contributed by atoms with E-state index in [1.54, 1.807) is 24.9 Å². The van der Waals surface area contributed by atoms with Gasteiger partial charge in [0, 0.05) is 18.3 Å². The van der Waals surface area contributed by atoms with Gasteiger partial charge < -0.3 is 10.1 Å². The van der Waals surface area contributed by atoms with E-state index >= 15 is 0 Å². The van der Waals surface area contributed by atoms with Crippen molar-refractivity contribution < 1.29 is 9.53 Å². The maximum Gasteiger partial charge on any atom is 0.273 e. The van der Waals surface area contributed by atoms with Crippen LogP contribution in [-0.2, 0) is 13.5 Å². The lowest BCUT2D eigenvalue weighted by Crippen LogP contribution is -2.16. The van der Waals surface area contributed by atoms with Crippen molar-refractivity contribution in [1.29, 1.82) is 0 Å². The molecule has 1 aromatic heterocycles. The van der Waals surface area contributed by atoms with Crippen molar-refractivity contribution in [2.75, 3.05) is 12.4 Å². The van der Waals surface area contributed by atoms with Gasteiger partial charge in [-0.2, -0.15) is 5.10 Å². The second-order valence-corrected chi connectivity index (χ2v) is 7.43. The van der Waals surface area contributed by atoms with Crippen LogP contribution < -0.4 is 10.1 Å². The fourth-order valence-corrected chi connectivity index (χ4v) is 4.02. The Morgan fingerprint density at radius 3 is 2.67 bits per heavy atom. The number of carbonyl (C=O) groups excluding carboxylic acids is 1. The van der Waals surface area contributed by atoms with Crippen molar-refractivity contribution >= 4 is 11.6 Å². The van der Waals surface area contributed by atoms with E-state index in [1.807, 2.05) is 30.3 Å². The number of hydrogen-bond acceptors (Lipinski definition) is 3. The van der Waals surface area contributed by atoms with Crippen molar-refractivity contribution in [3.63, 3.8) is 0 Å². The Kier molecular flexibility index (Phi) is 4.36. The summed E-state index contributed by atoms with van der Waals surface area (Å²) in [4.78, 5) is 12.9. The number of amides is 1. The van der Waals surface area contributed by atoms with Crippen LogP contribution in [0.25, 0.3) is 22.4 Å². The Morgan fingerprint density at radius 2 is 1.80 bits per heavy atom. The lowest BCUT2D eigenvalue weighted by molar-refractivity contribution is 0.101. The number of aryl methyl sites for hydroxylation is 1. The molecule has 1 aliphatic rings. The first-order valence-corrected chi connectivity index (χ1v) is 9.83. The zero-order chi connectivity index (χ0) is 20.7. The highest BCUT2D eigenvalue weighted by atomic mass is 16.5. The normalized spacial score (nSPS) is 11.7. The van der Waals surface area contributed by atoms with Gasteiger partial charge in [-0.15, -0.1) is 0 Å². The molecule has 1 amide bonds. The standard InChI is InChI=1S/C25H21N3O2/c1-28-24(15-23(27-28)17-7-5-8-20(14-17)30-2)25(29)26-19-10-11-22-18(13-19)12-16-6-3-4-9-21(16)22/h3-11,13-15H,12H2,1-2H3,(H,26,29). The van der Waals surface area contributed by atoms with E-state index in [-0.39, 0.29) is 5.91 Å². The van der Waals surface area contributed by atoms with Gasteiger partial charge >= 0.3 is 0 Å². The van der Waals surface area contributed by atoms with Crippen LogP contribution in [0.15, 0.2) is 72.8 Å². The van der Waals surface area contributed by atoms with Gasteiger partial charge in [-0.25, -0.2) is 0 Å². The molecule has 0 fully saturated rings. The summed E-state index contributed by atoms with van der Waals surface area (Å²) >= 11 is 0. The molecule has 5 heteroatoms. The highest BCUT2D eigenvalue weighted by molar-refractivity contribution is 6.04. The predicted molar refractivity (Wildman–Crippen MR) is 118 cm³/mol. The quantitative estimate of drug-likeness (QED) is 0.470. The lowest BCUT2D eigenvalue weighted by atomic mass is 10.1. The summed E-state index contributed by atoms with van der Waals surface area (Å²) in [7, 11) is 3.41. The summed E-state index contributed by atoms with van der Waals surface area (Å²) in [6.45, 7) is 0. The number of carbonyl (C=O) groups is 1. The molecule has 1 aliphatic carbocycles. The molecule has 0 saturated carbocycles. The first-order chi connectivity index (χ1) is 14.6. The maximum atomic E-state index is 12.9. The number of aromatic nitrogens is 2. The highest BCUT2D eigenvalue weighted by Crippen LogP contribution is 2.37. The predicted octanol–water partition coefficient (Wildman–Crippen LogP) is 4.92. The zero-order valence-corrected chi connectivity index (χ0v) is 16.8. The minimum atomic E-state index is -0.186. The molecule has 0 spiro atoms. The maximum absolute atomic E-state index is 12.9. The molecule has 0 unspecified atom stereocenters. The molecule has 3 aromatic carbocycles. The Balaban J connectivity index is 1.39. The topological polar surface area (TPSA) is 56.1 Å². The SMILES string of the molecule is COc1cccc(-c2cc(C(=O)Nc3ccc4c(c3)Cc3ccccc3-4)n(C)n2)c1. The van der Waals surface area contributed by atoms with E-state index in [9.17, 15) is 4.79 Å². The average Bonchev–Trinajstić information content (AvgIpc) is 3.34. The highest BCUT2D eigenvalue weighted by Gasteiger charge is 2.19. The van der Waals surface area contributed by atoms with Crippen LogP contribution >= 0.6 is 0 Å². The molecule has 148 valence electrons. The molecule has 5 rings (SSSR count). The van der Waals surface area contributed by atoms with Crippen LogP contribution in [0, 0.1) is 0 Å². The number of benzene rings is 3. The van der Waals surface area contributed by atoms with Crippen molar-refractivity contribution in [2.24, 2.45) is 7.05 Å². The van der Waals surface area contributed by atoms with Crippen LogP contribution in [0.5, 0.6) is 5.75 Å². The molecule has 1 heterocycles. The number of rotatable bonds is 4. The fraction of sp³-hybridized carbons (Fsp3) is 0.120. The van der Waals surface area contributed by atoms with E-state index in [0.717, 1.165) is 29.1 Å². The average molecular weight is 395 g/mol. The third-order valence-electron chi connectivity index (χ3n) is 5.53. The van der Waals surface area contributed by atoms with E-state index in [2.05, 4.69) is 46.8 Å². The Hall–Kier alpha value is -3.86. The van der Waals surface area contributed by atoms with E-state index < -0.39 is 0 Å². The molecule has 1 N–H and O–H groups in total. The van der Waals surface area contributed by atoms with Gasteiger partial charge in [-0.1, -0.05) is 42.5 Å². The summed E-state index contributed by atoms with van der Waals surface area (Å²) in [5.74, 6) is 0.567. The fourth-order valence-electron chi connectivity index (χ4n) is 4.02. The molecular formula is C25H21N3O2. The van der Waals surface area contributed by atoms with Crippen LogP contribution in [0.1, 0.15) is 21.6 Å². The molecular weight excluding hydrogens is 374 g/mol. The summed E-state index contributed by atoms with van der Waals surface area (Å²) in [5.41, 5.74) is 7.99. The lowest BCUT2D eigenvalue weighted by Gasteiger charge is -2.08. The second kappa shape index (κ2) is 7.19. The monoisotopic (exact) mass is 395 g/mol. The van der Waals surface area contributed by atoms with Gasteiger partial charge in [0.25, 0.3) is 5.91 Å². The molecule has 5 nitrogen and oxygen atoms in total. The summed E-state index contributed by atoms with van der Waals surface area (Å²) < 4.78 is 6.89. The minimum Gasteiger partial charge on any atom is -0.497 e.